The minimum atomic E-state index is -1.28. The molecule has 0 aromatic rings. The molecule has 20 heavy (non-hydrogen) atoms. The Morgan fingerprint density at radius 1 is 1.25 bits per heavy atom. The first-order valence-electron chi connectivity index (χ1n) is 6.82. The highest BCUT2D eigenvalue weighted by Gasteiger charge is 2.30. The predicted molar refractivity (Wildman–Crippen MR) is 77.3 cm³/mol. The van der Waals surface area contributed by atoms with Gasteiger partial charge < -0.3 is 20.1 Å². The van der Waals surface area contributed by atoms with E-state index in [1.165, 1.54) is 4.90 Å². The molecule has 2 amide bonds. The Kier molecular flexibility index (Phi) is 6.99. The third-order valence-electron chi connectivity index (χ3n) is 2.50. The van der Waals surface area contributed by atoms with Crippen molar-refractivity contribution in [1.82, 2.24) is 10.2 Å². The van der Waals surface area contributed by atoms with Crippen molar-refractivity contribution in [3.63, 3.8) is 0 Å². The summed E-state index contributed by atoms with van der Waals surface area (Å²) in [6, 6.07) is -0.667. The monoisotopic (exact) mass is 288 g/mol. The maximum Gasteiger partial charge on any atom is 0.407 e. The molecular formula is C14H28N2O4. The summed E-state index contributed by atoms with van der Waals surface area (Å²) in [6.45, 7) is 9.18. The highest BCUT2D eigenvalue weighted by Crippen LogP contribution is 2.12. The van der Waals surface area contributed by atoms with Crippen molar-refractivity contribution >= 4 is 12.0 Å². The van der Waals surface area contributed by atoms with Crippen LogP contribution in [0.4, 0.5) is 4.79 Å². The fourth-order valence-corrected chi connectivity index (χ4v) is 1.67. The quantitative estimate of drug-likeness (QED) is 0.801. The van der Waals surface area contributed by atoms with Crippen LogP contribution >= 0.6 is 0 Å². The van der Waals surface area contributed by atoms with Crippen molar-refractivity contribution in [2.24, 2.45) is 5.92 Å². The van der Waals surface area contributed by atoms with Gasteiger partial charge in [0.05, 0.1) is 6.04 Å². The molecule has 1 unspecified atom stereocenters. The maximum atomic E-state index is 11.8. The average molecular weight is 288 g/mol. The van der Waals surface area contributed by atoms with Crippen molar-refractivity contribution in [3.8, 4) is 0 Å². The summed E-state index contributed by atoms with van der Waals surface area (Å²) >= 11 is 0. The lowest BCUT2D eigenvalue weighted by Crippen LogP contribution is -2.51. The van der Waals surface area contributed by atoms with Crippen molar-refractivity contribution < 1.29 is 19.4 Å². The molecule has 118 valence electrons. The molecule has 0 aliphatic rings. The van der Waals surface area contributed by atoms with E-state index in [1.54, 1.807) is 34.9 Å². The van der Waals surface area contributed by atoms with Gasteiger partial charge in [0.1, 0.15) is 5.60 Å². The summed E-state index contributed by atoms with van der Waals surface area (Å²) in [7, 11) is 3.12. The molecule has 0 bridgehead atoms. The van der Waals surface area contributed by atoms with E-state index in [9.17, 15) is 14.7 Å². The standard InChI is InChI=1S/C14H28N2O4/c1-9(2)8-10(11(17)12(18)16(6)7)15-13(19)20-14(3,4)5/h9-11,17H,8H2,1-7H3,(H,15,19)/t10-,11?/m0/s1. The number of aliphatic hydroxyl groups excluding tert-OH is 1. The van der Waals surface area contributed by atoms with E-state index in [0.29, 0.717) is 6.42 Å². The molecule has 0 aromatic heterocycles. The topological polar surface area (TPSA) is 78.9 Å². The van der Waals surface area contributed by atoms with E-state index in [2.05, 4.69) is 5.32 Å². The summed E-state index contributed by atoms with van der Waals surface area (Å²) in [5.41, 5.74) is -0.622. The molecule has 6 nitrogen and oxygen atoms in total. The SMILES string of the molecule is CC(C)C[C@H](NC(=O)OC(C)(C)C)C(O)C(=O)N(C)C. The Morgan fingerprint density at radius 3 is 2.10 bits per heavy atom. The largest absolute Gasteiger partial charge is 0.444 e. The predicted octanol–water partition coefficient (Wildman–Crippen LogP) is 1.37. The van der Waals surface area contributed by atoms with Crippen LogP contribution in [0.25, 0.3) is 0 Å². The van der Waals surface area contributed by atoms with Crippen molar-refractivity contribution in [2.45, 2.75) is 58.8 Å². The minimum absolute atomic E-state index is 0.222. The third-order valence-corrected chi connectivity index (χ3v) is 2.50. The van der Waals surface area contributed by atoms with Gasteiger partial charge in [-0.3, -0.25) is 4.79 Å². The lowest BCUT2D eigenvalue weighted by molar-refractivity contribution is -0.139. The van der Waals surface area contributed by atoms with E-state index < -0.39 is 29.7 Å². The van der Waals surface area contributed by atoms with Gasteiger partial charge in [-0.25, -0.2) is 4.79 Å². The van der Waals surface area contributed by atoms with Crippen molar-refractivity contribution in [1.29, 1.82) is 0 Å². The second-order valence-electron chi connectivity index (χ2n) is 6.56. The van der Waals surface area contributed by atoms with Gasteiger partial charge in [-0.2, -0.15) is 0 Å². The third kappa shape index (κ3) is 7.33. The summed E-state index contributed by atoms with van der Waals surface area (Å²) in [6.07, 6.45) is -1.42. The Hall–Kier alpha value is -1.30. The molecule has 0 aromatic carbocycles. The maximum absolute atomic E-state index is 11.8. The fraction of sp³-hybridized carbons (Fsp3) is 0.857. The lowest BCUT2D eigenvalue weighted by atomic mass is 9.98. The van der Waals surface area contributed by atoms with Gasteiger partial charge in [0.25, 0.3) is 5.91 Å². The highest BCUT2D eigenvalue weighted by molar-refractivity contribution is 5.81. The second-order valence-corrected chi connectivity index (χ2v) is 6.56. The number of carbonyl (C=O) groups excluding carboxylic acids is 2. The van der Waals surface area contributed by atoms with Crippen LogP contribution in [0.1, 0.15) is 41.0 Å². The Bertz CT molecular complexity index is 335. The van der Waals surface area contributed by atoms with Crippen LogP contribution in [0.2, 0.25) is 0 Å². The highest BCUT2D eigenvalue weighted by atomic mass is 16.6. The van der Waals surface area contributed by atoms with Crippen molar-refractivity contribution in [2.75, 3.05) is 14.1 Å². The van der Waals surface area contributed by atoms with Crippen LogP contribution in [0.5, 0.6) is 0 Å². The van der Waals surface area contributed by atoms with Gasteiger partial charge in [-0.05, 0) is 33.1 Å². The second kappa shape index (κ2) is 7.47. The first-order valence-corrected chi connectivity index (χ1v) is 6.82. The zero-order valence-electron chi connectivity index (χ0n) is 13.6. The minimum Gasteiger partial charge on any atom is -0.444 e. The van der Waals surface area contributed by atoms with E-state index >= 15 is 0 Å². The molecule has 0 fully saturated rings. The fourth-order valence-electron chi connectivity index (χ4n) is 1.67. The Labute approximate surface area is 121 Å². The number of nitrogens with zero attached hydrogens (tertiary/aromatic N) is 1. The number of hydrogen-bond acceptors (Lipinski definition) is 4. The Morgan fingerprint density at radius 2 is 1.75 bits per heavy atom. The first-order chi connectivity index (χ1) is 8.94. The van der Waals surface area contributed by atoms with Crippen LogP contribution < -0.4 is 5.32 Å². The molecule has 0 heterocycles. The van der Waals surface area contributed by atoms with E-state index in [4.69, 9.17) is 4.74 Å². The van der Waals surface area contributed by atoms with Gasteiger partial charge in [-0.1, -0.05) is 13.8 Å². The zero-order valence-corrected chi connectivity index (χ0v) is 13.6. The van der Waals surface area contributed by atoms with Gasteiger partial charge in [0.2, 0.25) is 0 Å². The molecule has 0 saturated heterocycles. The number of rotatable bonds is 5. The lowest BCUT2D eigenvalue weighted by Gasteiger charge is -2.28. The number of carbonyl (C=O) groups is 2. The van der Waals surface area contributed by atoms with E-state index in [1.807, 2.05) is 13.8 Å². The van der Waals surface area contributed by atoms with E-state index in [0.717, 1.165) is 0 Å². The molecule has 0 radical (unpaired) electrons. The van der Waals surface area contributed by atoms with Crippen LogP contribution in [-0.4, -0.2) is 53.8 Å². The molecule has 0 rings (SSSR count). The Balaban J connectivity index is 4.81. The molecule has 0 spiro atoms. The molecule has 6 heteroatoms. The first kappa shape index (κ1) is 18.7. The molecule has 0 aliphatic carbocycles. The summed E-state index contributed by atoms with van der Waals surface area (Å²) in [4.78, 5) is 24.9. The van der Waals surface area contributed by atoms with Crippen molar-refractivity contribution in [3.05, 3.63) is 0 Å². The zero-order chi connectivity index (χ0) is 16.1. The normalized spacial score (nSPS) is 14.7. The van der Waals surface area contributed by atoms with Gasteiger partial charge in [0.15, 0.2) is 6.10 Å². The number of amides is 2. The van der Waals surface area contributed by atoms with Crippen LogP contribution in [0.15, 0.2) is 0 Å². The molecule has 0 aliphatic heterocycles. The number of likely N-dealkylation sites (N-methyl/N-ethyl adjacent to an activating group) is 1. The molecule has 0 saturated carbocycles. The number of hydrogen-bond donors (Lipinski definition) is 2. The smallest absolute Gasteiger partial charge is 0.407 e. The van der Waals surface area contributed by atoms with Crippen LogP contribution in [0.3, 0.4) is 0 Å². The van der Waals surface area contributed by atoms with Gasteiger partial charge >= 0.3 is 6.09 Å². The van der Waals surface area contributed by atoms with E-state index in [-0.39, 0.29) is 5.92 Å². The van der Waals surface area contributed by atoms with Gasteiger partial charge in [0, 0.05) is 14.1 Å². The molecule has 2 atom stereocenters. The number of alkyl carbamates (subject to hydrolysis) is 1. The van der Waals surface area contributed by atoms with Crippen LogP contribution in [0, 0.1) is 5.92 Å². The van der Waals surface area contributed by atoms with Gasteiger partial charge in [-0.15, -0.1) is 0 Å². The number of ether oxygens (including phenoxy) is 1. The summed E-state index contributed by atoms with van der Waals surface area (Å²) < 4.78 is 5.15. The number of aliphatic hydroxyl groups is 1. The molecular weight excluding hydrogens is 260 g/mol. The molecule has 2 N–H and O–H groups in total. The number of nitrogens with one attached hydrogen (secondary N) is 1. The average Bonchev–Trinajstić information content (AvgIpc) is 2.22. The summed E-state index contributed by atoms with van der Waals surface area (Å²) in [5.74, 6) is -0.216. The summed E-state index contributed by atoms with van der Waals surface area (Å²) in [5, 5.41) is 12.7. The van der Waals surface area contributed by atoms with Crippen LogP contribution in [-0.2, 0) is 9.53 Å².